The van der Waals surface area contributed by atoms with Crippen molar-refractivity contribution in [1.29, 1.82) is 0 Å². The molecule has 0 spiro atoms. The summed E-state index contributed by atoms with van der Waals surface area (Å²) in [5, 5.41) is 13.8. The number of hydrogen-bond acceptors (Lipinski definition) is 2. The van der Waals surface area contributed by atoms with Gasteiger partial charge in [-0.1, -0.05) is 55.5 Å². The van der Waals surface area contributed by atoms with Gasteiger partial charge in [0.1, 0.15) is 0 Å². The SMILES string of the molecule is CCc1ccc(C23CCC(c4ccccc42)C2(C(=O)O)CNCC32)cc1. The van der Waals surface area contributed by atoms with Crippen LogP contribution in [0.3, 0.4) is 0 Å². The van der Waals surface area contributed by atoms with E-state index < -0.39 is 11.4 Å². The van der Waals surface area contributed by atoms with Gasteiger partial charge in [-0.15, -0.1) is 0 Å². The number of rotatable bonds is 3. The van der Waals surface area contributed by atoms with Crippen LogP contribution in [-0.4, -0.2) is 24.2 Å². The molecular formula is C23H25NO2. The van der Waals surface area contributed by atoms with Crippen molar-refractivity contribution < 1.29 is 9.90 Å². The molecule has 26 heavy (non-hydrogen) atoms. The lowest BCUT2D eigenvalue weighted by molar-refractivity contribution is -0.157. The molecule has 3 heteroatoms. The summed E-state index contributed by atoms with van der Waals surface area (Å²) in [4.78, 5) is 12.6. The summed E-state index contributed by atoms with van der Waals surface area (Å²) in [6, 6.07) is 17.6. The van der Waals surface area contributed by atoms with Crippen molar-refractivity contribution in [3.8, 4) is 0 Å². The van der Waals surface area contributed by atoms with Gasteiger partial charge < -0.3 is 10.4 Å². The maximum Gasteiger partial charge on any atom is 0.311 e. The molecule has 2 aromatic carbocycles. The van der Waals surface area contributed by atoms with Gasteiger partial charge in [-0.2, -0.15) is 0 Å². The maximum atomic E-state index is 12.6. The van der Waals surface area contributed by atoms with Gasteiger partial charge in [-0.3, -0.25) is 4.79 Å². The summed E-state index contributed by atoms with van der Waals surface area (Å²) in [6.45, 7) is 3.54. The summed E-state index contributed by atoms with van der Waals surface area (Å²) < 4.78 is 0. The molecule has 6 rings (SSSR count). The number of benzene rings is 2. The fourth-order valence-electron chi connectivity index (χ4n) is 6.39. The molecular weight excluding hydrogens is 322 g/mol. The number of carbonyl (C=O) groups is 1. The molecule has 134 valence electrons. The lowest BCUT2D eigenvalue weighted by atomic mass is 9.42. The molecule has 4 aliphatic rings. The summed E-state index contributed by atoms with van der Waals surface area (Å²) >= 11 is 0. The smallest absolute Gasteiger partial charge is 0.311 e. The molecule has 0 aromatic heterocycles. The van der Waals surface area contributed by atoms with Crippen molar-refractivity contribution in [3.63, 3.8) is 0 Å². The number of carboxylic acid groups (broad SMARTS) is 1. The predicted octanol–water partition coefficient (Wildman–Crippen LogP) is 3.72. The van der Waals surface area contributed by atoms with E-state index in [9.17, 15) is 9.90 Å². The average molecular weight is 347 g/mol. The van der Waals surface area contributed by atoms with Gasteiger partial charge in [0, 0.05) is 30.3 Å². The van der Waals surface area contributed by atoms with Crippen LogP contribution in [0.4, 0.5) is 0 Å². The van der Waals surface area contributed by atoms with Crippen LogP contribution in [0.25, 0.3) is 0 Å². The van der Waals surface area contributed by atoms with E-state index in [0.717, 1.165) is 25.8 Å². The van der Waals surface area contributed by atoms with Gasteiger partial charge in [0.15, 0.2) is 0 Å². The number of nitrogens with one attached hydrogen (secondary N) is 1. The minimum absolute atomic E-state index is 0.105. The maximum absolute atomic E-state index is 12.6. The molecule has 2 fully saturated rings. The van der Waals surface area contributed by atoms with E-state index >= 15 is 0 Å². The van der Waals surface area contributed by atoms with Crippen LogP contribution in [0.1, 0.15) is 47.9 Å². The fraction of sp³-hybridized carbons (Fsp3) is 0.435. The second-order valence-corrected chi connectivity index (χ2v) is 8.23. The van der Waals surface area contributed by atoms with Crippen LogP contribution in [0, 0.1) is 11.3 Å². The Kier molecular flexibility index (Phi) is 3.36. The van der Waals surface area contributed by atoms with Gasteiger partial charge in [0.05, 0.1) is 5.41 Å². The highest BCUT2D eigenvalue weighted by Gasteiger charge is 2.68. The topological polar surface area (TPSA) is 49.3 Å². The van der Waals surface area contributed by atoms with Crippen LogP contribution in [0.2, 0.25) is 0 Å². The Bertz CT molecular complexity index is 874. The van der Waals surface area contributed by atoms with Gasteiger partial charge in [0.2, 0.25) is 0 Å². The quantitative estimate of drug-likeness (QED) is 0.890. The predicted molar refractivity (Wildman–Crippen MR) is 101 cm³/mol. The van der Waals surface area contributed by atoms with Gasteiger partial charge in [0.25, 0.3) is 0 Å². The molecule has 4 atom stereocenters. The summed E-state index contributed by atoms with van der Waals surface area (Å²) in [7, 11) is 0. The Morgan fingerprint density at radius 3 is 2.69 bits per heavy atom. The lowest BCUT2D eigenvalue weighted by Crippen LogP contribution is -2.60. The molecule has 1 heterocycles. The fourth-order valence-corrected chi connectivity index (χ4v) is 6.39. The normalized spacial score (nSPS) is 34.3. The van der Waals surface area contributed by atoms with Crippen LogP contribution in [0.5, 0.6) is 0 Å². The Morgan fingerprint density at radius 2 is 1.96 bits per heavy atom. The average Bonchev–Trinajstić information content (AvgIpc) is 3.16. The number of aliphatic carboxylic acids is 1. The van der Waals surface area contributed by atoms with Crippen LogP contribution >= 0.6 is 0 Å². The Morgan fingerprint density at radius 1 is 1.19 bits per heavy atom. The number of aryl methyl sites for hydroxylation is 1. The van der Waals surface area contributed by atoms with E-state index in [0.29, 0.717) is 6.54 Å². The van der Waals surface area contributed by atoms with Crippen molar-refractivity contribution in [2.75, 3.05) is 13.1 Å². The zero-order chi connectivity index (χ0) is 17.9. The zero-order valence-electron chi connectivity index (χ0n) is 15.2. The Balaban J connectivity index is 1.80. The van der Waals surface area contributed by atoms with E-state index in [4.69, 9.17) is 0 Å². The number of hydrogen-bond donors (Lipinski definition) is 2. The van der Waals surface area contributed by atoms with Gasteiger partial charge in [-0.05, 0) is 41.5 Å². The molecule has 2 N–H and O–H groups in total. The summed E-state index contributed by atoms with van der Waals surface area (Å²) in [5.74, 6) is -0.400. The van der Waals surface area contributed by atoms with E-state index in [1.165, 1.54) is 22.3 Å². The van der Waals surface area contributed by atoms with Crippen molar-refractivity contribution >= 4 is 5.97 Å². The van der Waals surface area contributed by atoms with E-state index in [2.05, 4.69) is 60.8 Å². The molecule has 2 bridgehead atoms. The third kappa shape index (κ3) is 1.75. The largest absolute Gasteiger partial charge is 0.481 e. The van der Waals surface area contributed by atoms with Crippen LogP contribution in [0.15, 0.2) is 48.5 Å². The molecule has 1 aliphatic heterocycles. The molecule has 2 aromatic rings. The zero-order valence-corrected chi connectivity index (χ0v) is 15.2. The second kappa shape index (κ2) is 5.43. The Hall–Kier alpha value is -2.13. The third-order valence-corrected chi connectivity index (χ3v) is 7.52. The highest BCUT2D eigenvalue weighted by molar-refractivity contribution is 5.80. The first-order valence-corrected chi connectivity index (χ1v) is 9.77. The first-order valence-electron chi connectivity index (χ1n) is 9.77. The molecule has 3 aliphatic carbocycles. The first kappa shape index (κ1) is 16.1. The summed E-state index contributed by atoms with van der Waals surface area (Å²) in [6.07, 6.45) is 3.02. The number of carboxylic acids is 1. The standard InChI is InChI=1S/C23H25NO2/c1-2-15-7-9-16(10-8-15)22-12-11-19(17-5-3-4-6-18(17)22)23(21(25)26)14-24-13-20(22)23/h3-10,19-20,24H,2,11-14H2,1H3,(H,25,26). The second-order valence-electron chi connectivity index (χ2n) is 8.23. The van der Waals surface area contributed by atoms with Crippen molar-refractivity contribution in [2.24, 2.45) is 11.3 Å². The first-order chi connectivity index (χ1) is 12.6. The highest BCUT2D eigenvalue weighted by atomic mass is 16.4. The molecule has 0 radical (unpaired) electrons. The third-order valence-electron chi connectivity index (χ3n) is 7.52. The van der Waals surface area contributed by atoms with E-state index in [1.807, 2.05) is 0 Å². The monoisotopic (exact) mass is 347 g/mol. The van der Waals surface area contributed by atoms with Gasteiger partial charge in [-0.25, -0.2) is 0 Å². The molecule has 3 nitrogen and oxygen atoms in total. The van der Waals surface area contributed by atoms with Crippen LogP contribution < -0.4 is 5.32 Å². The van der Waals surface area contributed by atoms with Gasteiger partial charge >= 0.3 is 5.97 Å². The minimum atomic E-state index is -0.684. The summed E-state index contributed by atoms with van der Waals surface area (Å²) in [5.41, 5.74) is 4.37. The number of fused-ring (bicyclic) bond motifs is 1. The molecule has 0 amide bonds. The van der Waals surface area contributed by atoms with Crippen LogP contribution in [-0.2, 0) is 16.6 Å². The Labute approximate surface area is 154 Å². The highest BCUT2D eigenvalue weighted by Crippen LogP contribution is 2.67. The van der Waals surface area contributed by atoms with Crippen molar-refractivity contribution in [1.82, 2.24) is 5.32 Å². The van der Waals surface area contributed by atoms with E-state index in [-0.39, 0.29) is 17.3 Å². The van der Waals surface area contributed by atoms with E-state index in [1.54, 1.807) is 0 Å². The lowest BCUT2D eigenvalue weighted by Gasteiger charge is -2.59. The molecule has 4 unspecified atom stereocenters. The van der Waals surface area contributed by atoms with Crippen molar-refractivity contribution in [3.05, 3.63) is 70.8 Å². The molecule has 1 saturated heterocycles. The molecule has 1 saturated carbocycles. The minimum Gasteiger partial charge on any atom is -0.481 e. The van der Waals surface area contributed by atoms with Crippen molar-refractivity contribution in [2.45, 2.75) is 37.5 Å².